The first-order chi connectivity index (χ1) is 13.0. The van der Waals surface area contributed by atoms with Crippen molar-refractivity contribution in [1.82, 2.24) is 5.32 Å². The number of hydrogen-bond acceptors (Lipinski definition) is 2. The lowest BCUT2D eigenvalue weighted by atomic mass is 10.1. The molecule has 0 fully saturated rings. The molecule has 0 bridgehead atoms. The summed E-state index contributed by atoms with van der Waals surface area (Å²) in [6.45, 7) is 2.80. The maximum atomic E-state index is 13.3. The standard InChI is InChI=1S/C18H16Cl2F3N3O2/c1-9(13-5-3-11(19)7-15(13)20)24-17(28)26-16-6-4-12(25-10(2)27)8-14(16)18(21,22)23/h3-9H,1-2H3,(H,25,27)(H2,24,26,28). The van der Waals surface area contributed by atoms with Crippen molar-refractivity contribution in [1.29, 1.82) is 0 Å². The van der Waals surface area contributed by atoms with Crippen LogP contribution in [0, 0.1) is 0 Å². The van der Waals surface area contributed by atoms with Gasteiger partial charge in [0, 0.05) is 22.7 Å². The third-order valence-corrected chi connectivity index (χ3v) is 4.23. The summed E-state index contributed by atoms with van der Waals surface area (Å²) in [6, 6.07) is 6.32. The fourth-order valence-corrected chi connectivity index (χ4v) is 3.03. The van der Waals surface area contributed by atoms with Gasteiger partial charge in [0.2, 0.25) is 5.91 Å². The summed E-state index contributed by atoms with van der Waals surface area (Å²) in [6.07, 6.45) is -4.73. The fraction of sp³-hybridized carbons (Fsp3) is 0.222. The van der Waals surface area contributed by atoms with Crippen molar-refractivity contribution in [2.75, 3.05) is 10.6 Å². The Morgan fingerprint density at radius 1 is 1.04 bits per heavy atom. The smallest absolute Gasteiger partial charge is 0.331 e. The Hall–Kier alpha value is -2.45. The highest BCUT2D eigenvalue weighted by Crippen LogP contribution is 2.36. The predicted molar refractivity (Wildman–Crippen MR) is 103 cm³/mol. The SMILES string of the molecule is CC(=O)Nc1ccc(NC(=O)NC(C)c2ccc(Cl)cc2Cl)c(C(F)(F)F)c1. The summed E-state index contributed by atoms with van der Waals surface area (Å²) in [5, 5.41) is 7.69. The van der Waals surface area contributed by atoms with Crippen LogP contribution in [0.5, 0.6) is 0 Å². The second-order valence-electron chi connectivity index (χ2n) is 5.93. The molecule has 0 aliphatic heterocycles. The molecule has 0 aromatic heterocycles. The second kappa shape index (κ2) is 8.70. The van der Waals surface area contributed by atoms with E-state index >= 15 is 0 Å². The van der Waals surface area contributed by atoms with E-state index < -0.39 is 35.4 Å². The number of carbonyl (C=O) groups excluding carboxylic acids is 2. The Kier molecular flexibility index (Phi) is 6.79. The van der Waals surface area contributed by atoms with Gasteiger partial charge in [-0.2, -0.15) is 13.2 Å². The van der Waals surface area contributed by atoms with E-state index in [1.165, 1.54) is 19.1 Å². The summed E-state index contributed by atoms with van der Waals surface area (Å²) in [5.41, 5.74) is -1.02. The van der Waals surface area contributed by atoms with E-state index in [0.717, 1.165) is 12.1 Å². The molecule has 0 saturated carbocycles. The van der Waals surface area contributed by atoms with E-state index in [9.17, 15) is 22.8 Å². The summed E-state index contributed by atoms with van der Waals surface area (Å²) >= 11 is 11.9. The van der Waals surface area contributed by atoms with Gasteiger partial charge >= 0.3 is 12.2 Å². The van der Waals surface area contributed by atoms with E-state index in [4.69, 9.17) is 23.2 Å². The maximum absolute atomic E-state index is 13.3. The lowest BCUT2D eigenvalue weighted by Crippen LogP contribution is -2.32. The molecule has 2 aromatic rings. The van der Waals surface area contributed by atoms with Crippen LogP contribution in [0.15, 0.2) is 36.4 Å². The number of halogens is 5. The molecular weight excluding hydrogens is 418 g/mol. The number of urea groups is 1. The van der Waals surface area contributed by atoms with Gasteiger partial charge in [-0.15, -0.1) is 0 Å². The van der Waals surface area contributed by atoms with Crippen LogP contribution < -0.4 is 16.0 Å². The van der Waals surface area contributed by atoms with Gasteiger partial charge in [-0.1, -0.05) is 29.3 Å². The highest BCUT2D eigenvalue weighted by atomic mass is 35.5. The average molecular weight is 434 g/mol. The van der Waals surface area contributed by atoms with E-state index in [1.807, 2.05) is 0 Å². The first-order valence-electron chi connectivity index (χ1n) is 7.98. The Bertz CT molecular complexity index is 904. The molecule has 0 saturated heterocycles. The molecule has 5 nitrogen and oxygen atoms in total. The molecular formula is C18H16Cl2F3N3O2. The number of amides is 3. The zero-order chi connectivity index (χ0) is 21.1. The van der Waals surface area contributed by atoms with Crippen LogP contribution in [0.3, 0.4) is 0 Å². The highest BCUT2D eigenvalue weighted by molar-refractivity contribution is 6.35. The number of anilines is 2. The van der Waals surface area contributed by atoms with Crippen LogP contribution in [0.25, 0.3) is 0 Å². The number of alkyl halides is 3. The van der Waals surface area contributed by atoms with Crippen molar-refractivity contribution < 1.29 is 22.8 Å². The first-order valence-corrected chi connectivity index (χ1v) is 8.74. The minimum atomic E-state index is -4.73. The van der Waals surface area contributed by atoms with Crippen LogP contribution >= 0.6 is 23.2 Å². The Morgan fingerprint density at radius 2 is 1.71 bits per heavy atom. The van der Waals surface area contributed by atoms with E-state index in [1.54, 1.807) is 19.1 Å². The molecule has 0 radical (unpaired) electrons. The van der Waals surface area contributed by atoms with Crippen LogP contribution in [-0.4, -0.2) is 11.9 Å². The number of hydrogen-bond donors (Lipinski definition) is 3. The van der Waals surface area contributed by atoms with Gasteiger partial charge < -0.3 is 16.0 Å². The van der Waals surface area contributed by atoms with Gasteiger partial charge in [0.05, 0.1) is 17.3 Å². The maximum Gasteiger partial charge on any atom is 0.418 e. The van der Waals surface area contributed by atoms with E-state index in [2.05, 4.69) is 16.0 Å². The second-order valence-corrected chi connectivity index (χ2v) is 6.77. The van der Waals surface area contributed by atoms with Gasteiger partial charge in [0.15, 0.2) is 0 Å². The minimum Gasteiger partial charge on any atom is -0.331 e. The van der Waals surface area contributed by atoms with E-state index in [-0.39, 0.29) is 5.69 Å². The molecule has 2 aromatic carbocycles. The summed E-state index contributed by atoms with van der Waals surface area (Å²) < 4.78 is 40.0. The fourth-order valence-electron chi connectivity index (χ4n) is 2.45. The van der Waals surface area contributed by atoms with Gasteiger partial charge in [-0.25, -0.2) is 4.79 Å². The Morgan fingerprint density at radius 3 is 2.29 bits per heavy atom. The van der Waals surface area contributed by atoms with Crippen molar-refractivity contribution in [3.63, 3.8) is 0 Å². The zero-order valence-corrected chi connectivity index (χ0v) is 16.3. The van der Waals surface area contributed by atoms with Crippen LogP contribution in [-0.2, 0) is 11.0 Å². The molecule has 1 unspecified atom stereocenters. The van der Waals surface area contributed by atoms with Crippen molar-refractivity contribution in [3.8, 4) is 0 Å². The lowest BCUT2D eigenvalue weighted by molar-refractivity contribution is -0.137. The van der Waals surface area contributed by atoms with Crippen molar-refractivity contribution in [3.05, 3.63) is 57.6 Å². The highest BCUT2D eigenvalue weighted by Gasteiger charge is 2.34. The summed E-state index contributed by atoms with van der Waals surface area (Å²) in [7, 11) is 0. The third-order valence-electron chi connectivity index (χ3n) is 3.67. The number of carbonyl (C=O) groups is 2. The van der Waals surface area contributed by atoms with Crippen LogP contribution in [0.1, 0.15) is 31.0 Å². The van der Waals surface area contributed by atoms with Gasteiger partial charge in [-0.05, 0) is 42.8 Å². The van der Waals surface area contributed by atoms with Gasteiger partial charge in [0.1, 0.15) is 0 Å². The quantitative estimate of drug-likeness (QED) is 0.565. The third kappa shape index (κ3) is 5.77. The topological polar surface area (TPSA) is 70.2 Å². The number of nitrogens with one attached hydrogen (secondary N) is 3. The van der Waals surface area contributed by atoms with Gasteiger partial charge in [-0.3, -0.25) is 4.79 Å². The van der Waals surface area contributed by atoms with Crippen LogP contribution in [0.2, 0.25) is 10.0 Å². The molecule has 0 aliphatic rings. The van der Waals surface area contributed by atoms with Crippen LogP contribution in [0.4, 0.5) is 29.3 Å². The van der Waals surface area contributed by atoms with Crippen molar-refractivity contribution in [2.45, 2.75) is 26.1 Å². The van der Waals surface area contributed by atoms with E-state index in [0.29, 0.717) is 15.6 Å². The monoisotopic (exact) mass is 433 g/mol. The zero-order valence-electron chi connectivity index (χ0n) is 14.7. The molecule has 3 amide bonds. The molecule has 1 atom stereocenters. The molecule has 0 heterocycles. The molecule has 0 aliphatic carbocycles. The van der Waals surface area contributed by atoms with Crippen molar-refractivity contribution in [2.24, 2.45) is 0 Å². The largest absolute Gasteiger partial charge is 0.418 e. The minimum absolute atomic E-state index is 0.0351. The molecule has 28 heavy (non-hydrogen) atoms. The molecule has 0 spiro atoms. The number of benzene rings is 2. The number of rotatable bonds is 4. The van der Waals surface area contributed by atoms with Crippen molar-refractivity contribution >= 4 is 46.5 Å². The van der Waals surface area contributed by atoms with Gasteiger partial charge in [0.25, 0.3) is 0 Å². The first kappa shape index (κ1) is 21.8. The summed E-state index contributed by atoms with van der Waals surface area (Å²) in [4.78, 5) is 23.2. The molecule has 150 valence electrons. The molecule has 2 rings (SSSR count). The molecule has 10 heteroatoms. The molecule has 3 N–H and O–H groups in total. The Balaban J connectivity index is 2.19. The Labute approximate surface area is 169 Å². The summed E-state index contributed by atoms with van der Waals surface area (Å²) in [5.74, 6) is -0.514. The lowest BCUT2D eigenvalue weighted by Gasteiger charge is -2.19. The normalized spacial score (nSPS) is 12.2. The average Bonchev–Trinajstić information content (AvgIpc) is 2.54. The predicted octanol–water partition coefficient (Wildman–Crippen LogP) is 5.85.